The maximum Gasteiger partial charge on any atom is 0.310 e. The number of rotatable bonds is 7. The first-order chi connectivity index (χ1) is 9.35. The van der Waals surface area contributed by atoms with Gasteiger partial charge in [0.1, 0.15) is 6.04 Å². The van der Waals surface area contributed by atoms with Gasteiger partial charge in [0.05, 0.1) is 12.3 Å². The van der Waals surface area contributed by atoms with Crippen molar-refractivity contribution in [1.29, 1.82) is 0 Å². The molecular weight excluding hydrogens is 266 g/mol. The minimum atomic E-state index is -1.00. The molecule has 1 aliphatic rings. The zero-order valence-corrected chi connectivity index (χ0v) is 11.9. The van der Waals surface area contributed by atoms with Crippen LogP contribution >= 0.6 is 0 Å². The van der Waals surface area contributed by atoms with Crippen LogP contribution in [0.1, 0.15) is 33.6 Å². The maximum absolute atomic E-state index is 11.9. The zero-order valence-electron chi connectivity index (χ0n) is 11.9. The van der Waals surface area contributed by atoms with Gasteiger partial charge in [-0.05, 0) is 12.8 Å². The van der Waals surface area contributed by atoms with Crippen LogP contribution in [0, 0.1) is 11.8 Å². The summed E-state index contributed by atoms with van der Waals surface area (Å²) in [6.07, 6.45) is -0.884. The molecule has 1 fully saturated rings. The monoisotopic (exact) mass is 287 g/mol. The molecule has 3 unspecified atom stereocenters. The van der Waals surface area contributed by atoms with Crippen LogP contribution in [0.15, 0.2) is 0 Å². The highest BCUT2D eigenvalue weighted by atomic mass is 16.7. The number of carbonyl (C=O) groups is 3. The molecule has 1 heterocycles. The fourth-order valence-corrected chi connectivity index (χ4v) is 2.04. The Morgan fingerprint density at radius 2 is 2.15 bits per heavy atom. The molecule has 0 aliphatic carbocycles. The summed E-state index contributed by atoms with van der Waals surface area (Å²) in [5, 5.41) is 11.7. The number of aliphatic carboxylic acids is 1. The van der Waals surface area contributed by atoms with Crippen molar-refractivity contribution in [3.8, 4) is 0 Å². The van der Waals surface area contributed by atoms with E-state index in [2.05, 4.69) is 5.32 Å². The van der Waals surface area contributed by atoms with Crippen LogP contribution in [-0.2, 0) is 23.9 Å². The number of ether oxygens (including phenoxy) is 2. The van der Waals surface area contributed by atoms with Crippen molar-refractivity contribution in [2.24, 2.45) is 11.8 Å². The number of carboxylic acids is 1. The highest BCUT2D eigenvalue weighted by Crippen LogP contribution is 2.19. The fourth-order valence-electron chi connectivity index (χ4n) is 2.04. The van der Waals surface area contributed by atoms with E-state index in [0.717, 1.165) is 0 Å². The second-order valence-electron chi connectivity index (χ2n) is 5.08. The summed E-state index contributed by atoms with van der Waals surface area (Å²) in [6.45, 7) is 5.60. The molecule has 20 heavy (non-hydrogen) atoms. The second-order valence-corrected chi connectivity index (χ2v) is 5.08. The molecule has 7 heteroatoms. The van der Waals surface area contributed by atoms with E-state index in [1.807, 2.05) is 0 Å². The first-order valence-corrected chi connectivity index (χ1v) is 6.68. The van der Waals surface area contributed by atoms with Crippen molar-refractivity contribution in [2.45, 2.75) is 45.9 Å². The van der Waals surface area contributed by atoms with Gasteiger partial charge >= 0.3 is 11.9 Å². The Labute approximate surface area is 117 Å². The van der Waals surface area contributed by atoms with Crippen molar-refractivity contribution in [1.82, 2.24) is 5.32 Å². The molecule has 1 rings (SSSR count). The SMILES string of the molecule is CCOC1OC(=O)CC1NC(=O)CC(C(=O)O)C(C)C. The lowest BCUT2D eigenvalue weighted by molar-refractivity contribution is -0.164. The minimum absolute atomic E-state index is 0.0375. The van der Waals surface area contributed by atoms with Gasteiger partial charge in [0.25, 0.3) is 0 Å². The number of hydrogen-bond acceptors (Lipinski definition) is 5. The third-order valence-corrected chi connectivity index (χ3v) is 3.17. The molecule has 0 aromatic rings. The smallest absolute Gasteiger partial charge is 0.310 e. The lowest BCUT2D eigenvalue weighted by Gasteiger charge is -2.20. The topological polar surface area (TPSA) is 102 Å². The third kappa shape index (κ3) is 4.48. The lowest BCUT2D eigenvalue weighted by Crippen LogP contribution is -2.43. The zero-order chi connectivity index (χ0) is 15.3. The van der Waals surface area contributed by atoms with Gasteiger partial charge in [-0.15, -0.1) is 0 Å². The average molecular weight is 287 g/mol. The highest BCUT2D eigenvalue weighted by Gasteiger charge is 2.37. The molecular formula is C13H21NO6. The molecule has 3 atom stereocenters. The molecule has 114 valence electrons. The normalized spacial score (nSPS) is 23.5. The Bertz CT molecular complexity index is 381. The van der Waals surface area contributed by atoms with E-state index >= 15 is 0 Å². The molecule has 1 amide bonds. The van der Waals surface area contributed by atoms with Crippen molar-refractivity contribution in [3.63, 3.8) is 0 Å². The van der Waals surface area contributed by atoms with Gasteiger partial charge in [-0.1, -0.05) is 13.8 Å². The van der Waals surface area contributed by atoms with Gasteiger partial charge in [-0.3, -0.25) is 14.4 Å². The molecule has 1 aliphatic heterocycles. The van der Waals surface area contributed by atoms with Crippen LogP contribution in [0.3, 0.4) is 0 Å². The molecule has 0 spiro atoms. The van der Waals surface area contributed by atoms with E-state index in [-0.39, 0.29) is 18.8 Å². The predicted molar refractivity (Wildman–Crippen MR) is 68.6 cm³/mol. The first kappa shape index (κ1) is 16.4. The number of carbonyl (C=O) groups excluding carboxylic acids is 2. The first-order valence-electron chi connectivity index (χ1n) is 6.68. The maximum atomic E-state index is 11.9. The van der Waals surface area contributed by atoms with Crippen molar-refractivity contribution >= 4 is 17.8 Å². The van der Waals surface area contributed by atoms with E-state index < -0.39 is 36.1 Å². The van der Waals surface area contributed by atoms with Gasteiger partial charge in [-0.2, -0.15) is 0 Å². The van der Waals surface area contributed by atoms with Crippen LogP contribution in [-0.4, -0.2) is 41.9 Å². The largest absolute Gasteiger partial charge is 0.481 e. The van der Waals surface area contributed by atoms with Gasteiger partial charge in [0.2, 0.25) is 12.2 Å². The van der Waals surface area contributed by atoms with Gasteiger partial charge in [0.15, 0.2) is 0 Å². The van der Waals surface area contributed by atoms with Crippen LogP contribution in [0.4, 0.5) is 0 Å². The van der Waals surface area contributed by atoms with E-state index in [4.69, 9.17) is 14.6 Å². The predicted octanol–water partition coefficient (Wildman–Crippen LogP) is 0.528. The Morgan fingerprint density at radius 1 is 1.50 bits per heavy atom. The summed E-state index contributed by atoms with van der Waals surface area (Å²) in [5.41, 5.74) is 0. The molecule has 0 saturated carbocycles. The van der Waals surface area contributed by atoms with Crippen LogP contribution in [0.2, 0.25) is 0 Å². The summed E-state index contributed by atoms with van der Waals surface area (Å²) in [5.74, 6) is -2.76. The molecule has 0 radical (unpaired) electrons. The summed E-state index contributed by atoms with van der Waals surface area (Å²) in [4.78, 5) is 34.1. The standard InChI is InChI=1S/C13H21NO6/c1-4-19-13-9(6-11(16)20-13)14-10(15)5-8(7(2)3)12(17)18/h7-9,13H,4-6H2,1-3H3,(H,14,15)(H,17,18). The number of carboxylic acid groups (broad SMARTS) is 1. The molecule has 0 aromatic heterocycles. The second kappa shape index (κ2) is 7.23. The van der Waals surface area contributed by atoms with E-state index in [0.29, 0.717) is 6.61 Å². The van der Waals surface area contributed by atoms with E-state index in [9.17, 15) is 14.4 Å². The fraction of sp³-hybridized carbons (Fsp3) is 0.769. The lowest BCUT2D eigenvalue weighted by atomic mass is 9.92. The Kier molecular flexibility index (Phi) is 5.94. The molecule has 1 saturated heterocycles. The number of nitrogens with one attached hydrogen (secondary N) is 1. The van der Waals surface area contributed by atoms with Gasteiger partial charge in [0, 0.05) is 13.0 Å². The summed E-state index contributed by atoms with van der Waals surface area (Å²) in [7, 11) is 0. The van der Waals surface area contributed by atoms with E-state index in [1.165, 1.54) is 0 Å². The molecule has 0 aromatic carbocycles. The Morgan fingerprint density at radius 3 is 2.65 bits per heavy atom. The van der Waals surface area contributed by atoms with Crippen molar-refractivity contribution < 1.29 is 29.0 Å². The Balaban J connectivity index is 2.56. The highest BCUT2D eigenvalue weighted by molar-refractivity contribution is 5.83. The quantitative estimate of drug-likeness (QED) is 0.662. The minimum Gasteiger partial charge on any atom is -0.481 e. The molecule has 2 N–H and O–H groups in total. The van der Waals surface area contributed by atoms with Crippen molar-refractivity contribution in [2.75, 3.05) is 6.61 Å². The third-order valence-electron chi connectivity index (χ3n) is 3.17. The van der Waals surface area contributed by atoms with Gasteiger partial charge in [-0.25, -0.2) is 0 Å². The summed E-state index contributed by atoms with van der Waals surface area (Å²) >= 11 is 0. The van der Waals surface area contributed by atoms with Crippen LogP contribution in [0.25, 0.3) is 0 Å². The Hall–Kier alpha value is -1.63. The number of esters is 1. The summed E-state index contributed by atoms with van der Waals surface area (Å²) < 4.78 is 10.1. The number of cyclic esters (lactones) is 1. The average Bonchev–Trinajstić information content (AvgIpc) is 2.66. The van der Waals surface area contributed by atoms with Gasteiger partial charge < -0.3 is 19.9 Å². The van der Waals surface area contributed by atoms with Crippen LogP contribution in [0.5, 0.6) is 0 Å². The number of amides is 1. The summed E-state index contributed by atoms with van der Waals surface area (Å²) in [6, 6.07) is -0.559. The number of hydrogen-bond donors (Lipinski definition) is 2. The molecule has 7 nitrogen and oxygen atoms in total. The van der Waals surface area contributed by atoms with Crippen molar-refractivity contribution in [3.05, 3.63) is 0 Å². The molecule has 0 bridgehead atoms. The van der Waals surface area contributed by atoms with Crippen LogP contribution < -0.4 is 5.32 Å². The van der Waals surface area contributed by atoms with E-state index in [1.54, 1.807) is 20.8 Å².